The zero-order chi connectivity index (χ0) is 16.6. The topological polar surface area (TPSA) is 73.8 Å². The first-order chi connectivity index (χ1) is 10.2. The van der Waals surface area contributed by atoms with E-state index in [2.05, 4.69) is 15.6 Å². The number of guanidine groups is 1. The Kier molecular flexibility index (Phi) is 10.8. The summed E-state index contributed by atoms with van der Waals surface area (Å²) in [5.41, 5.74) is 0. The Bertz CT molecular complexity index is 468. The molecule has 1 heterocycles. The van der Waals surface area contributed by atoms with Crippen LogP contribution < -0.4 is 10.6 Å². The smallest absolute Gasteiger partial charge is 0.356 e. The van der Waals surface area contributed by atoms with Crippen LogP contribution in [0.2, 0.25) is 0 Å². The molecule has 0 aliphatic carbocycles. The molecule has 0 aromatic rings. The third kappa shape index (κ3) is 9.82. The highest BCUT2D eigenvalue weighted by Crippen LogP contribution is 2.18. The monoisotopic (exact) mass is 490 g/mol. The molecule has 0 aromatic carbocycles. The minimum atomic E-state index is -4.23. The number of nitrogens with zero attached hydrogens (tertiary/aromatic N) is 2. The van der Waals surface area contributed by atoms with Crippen LogP contribution in [0.3, 0.4) is 0 Å². The summed E-state index contributed by atoms with van der Waals surface area (Å²) in [6.45, 7) is 0.800. The number of halogens is 4. The van der Waals surface area contributed by atoms with E-state index in [4.69, 9.17) is 0 Å². The van der Waals surface area contributed by atoms with Gasteiger partial charge in [0.05, 0.1) is 12.2 Å². The van der Waals surface area contributed by atoms with Crippen LogP contribution in [0.15, 0.2) is 4.99 Å². The number of hydrogen-bond donors (Lipinski definition) is 2. The van der Waals surface area contributed by atoms with E-state index in [0.717, 1.165) is 11.5 Å². The normalized spacial score (nSPS) is 17.5. The Morgan fingerprint density at radius 1 is 1.22 bits per heavy atom. The summed E-state index contributed by atoms with van der Waals surface area (Å²) in [5.74, 6) is 1.62. The van der Waals surface area contributed by atoms with E-state index < -0.39 is 22.6 Å². The van der Waals surface area contributed by atoms with Gasteiger partial charge in [-0.15, -0.1) is 24.0 Å². The first kappa shape index (κ1) is 23.1. The molecule has 1 aliphatic heterocycles. The molecule has 23 heavy (non-hydrogen) atoms. The third-order valence-corrected chi connectivity index (χ3v) is 5.75. The van der Waals surface area contributed by atoms with Crippen LogP contribution >= 0.6 is 35.7 Å². The van der Waals surface area contributed by atoms with Crippen molar-refractivity contribution in [3.63, 3.8) is 0 Å². The van der Waals surface area contributed by atoms with Gasteiger partial charge in [0.2, 0.25) is 10.0 Å². The van der Waals surface area contributed by atoms with E-state index >= 15 is 0 Å². The molecule has 138 valence electrons. The second-order valence-corrected chi connectivity index (χ2v) is 7.93. The van der Waals surface area contributed by atoms with Gasteiger partial charge in [0.25, 0.3) is 0 Å². The van der Waals surface area contributed by atoms with Gasteiger partial charge < -0.3 is 10.6 Å². The Morgan fingerprint density at radius 3 is 2.30 bits per heavy atom. The molecule has 0 atom stereocenters. The summed E-state index contributed by atoms with van der Waals surface area (Å²) in [5, 5.41) is 5.21. The van der Waals surface area contributed by atoms with E-state index in [1.54, 1.807) is 11.8 Å². The summed E-state index contributed by atoms with van der Waals surface area (Å²) in [6, 6.07) is 0. The third-order valence-electron chi connectivity index (χ3n) is 2.94. The maximum atomic E-state index is 12.1. The number of nitrogens with one attached hydrogen (secondary N) is 2. The molecule has 2 N–H and O–H groups in total. The lowest BCUT2D eigenvalue weighted by atomic mass is 10.4. The fourth-order valence-electron chi connectivity index (χ4n) is 1.80. The highest BCUT2D eigenvalue weighted by atomic mass is 127. The number of thioether (sulfide) groups is 1. The van der Waals surface area contributed by atoms with Gasteiger partial charge in [-0.3, -0.25) is 4.99 Å². The van der Waals surface area contributed by atoms with Crippen molar-refractivity contribution < 1.29 is 21.6 Å². The molecule has 1 saturated heterocycles. The van der Waals surface area contributed by atoms with Gasteiger partial charge in [0, 0.05) is 44.7 Å². The van der Waals surface area contributed by atoms with Crippen molar-refractivity contribution in [3.8, 4) is 0 Å². The minimum absolute atomic E-state index is 0. The molecule has 1 aliphatic rings. The van der Waals surface area contributed by atoms with Gasteiger partial charge in [-0.1, -0.05) is 0 Å². The molecule has 1 rings (SSSR count). The molecular formula is C11H22F3IN4O2S2. The van der Waals surface area contributed by atoms with E-state index in [9.17, 15) is 21.6 Å². The second-order valence-electron chi connectivity index (χ2n) is 4.62. The van der Waals surface area contributed by atoms with Gasteiger partial charge in [0.1, 0.15) is 0 Å². The summed E-state index contributed by atoms with van der Waals surface area (Å²) >= 11 is 1.72. The fraction of sp³-hybridized carbons (Fsp3) is 0.909. The molecular weight excluding hydrogens is 468 g/mol. The van der Waals surface area contributed by atoms with Crippen molar-refractivity contribution in [3.05, 3.63) is 0 Å². The van der Waals surface area contributed by atoms with E-state index in [0.29, 0.717) is 13.1 Å². The zero-order valence-electron chi connectivity index (χ0n) is 12.7. The van der Waals surface area contributed by atoms with Crippen LogP contribution in [0.4, 0.5) is 13.2 Å². The molecule has 0 amide bonds. The summed E-state index contributed by atoms with van der Waals surface area (Å²) in [4.78, 5) is 3.76. The number of hydrogen-bond acceptors (Lipinski definition) is 4. The molecule has 1 fully saturated rings. The molecule has 0 spiro atoms. The fourth-order valence-corrected chi connectivity index (χ4v) is 4.29. The van der Waals surface area contributed by atoms with Crippen molar-refractivity contribution in [2.24, 2.45) is 4.99 Å². The van der Waals surface area contributed by atoms with Crippen LogP contribution in [-0.4, -0.2) is 75.3 Å². The van der Waals surface area contributed by atoms with Crippen LogP contribution in [0.25, 0.3) is 0 Å². The SMILES string of the molecule is CN=C(NCCC(F)(F)F)NCCS(=O)(=O)N1CCSCC1.I. The Morgan fingerprint density at radius 2 is 1.78 bits per heavy atom. The van der Waals surface area contributed by atoms with Crippen molar-refractivity contribution >= 4 is 51.7 Å². The van der Waals surface area contributed by atoms with Crippen LogP contribution in [-0.2, 0) is 10.0 Å². The Hall–Kier alpha value is 0.0500. The van der Waals surface area contributed by atoms with Gasteiger partial charge in [-0.2, -0.15) is 24.9 Å². The van der Waals surface area contributed by atoms with Gasteiger partial charge >= 0.3 is 6.18 Å². The zero-order valence-corrected chi connectivity index (χ0v) is 16.7. The lowest BCUT2D eigenvalue weighted by molar-refractivity contribution is -0.132. The van der Waals surface area contributed by atoms with E-state index in [-0.39, 0.29) is 48.8 Å². The standard InChI is InChI=1S/C11H21F3N4O2S2.HI/c1-15-10(16-3-2-11(12,13)14)17-4-9-22(19,20)18-5-7-21-8-6-18;/h2-9H2,1H3,(H2,15,16,17);1H. The van der Waals surface area contributed by atoms with Gasteiger partial charge in [-0.25, -0.2) is 12.7 Å². The highest BCUT2D eigenvalue weighted by molar-refractivity contribution is 14.0. The van der Waals surface area contributed by atoms with E-state index in [1.807, 2.05) is 0 Å². The molecule has 0 saturated carbocycles. The summed E-state index contributed by atoms with van der Waals surface area (Å²) in [7, 11) is -1.92. The lowest BCUT2D eigenvalue weighted by Crippen LogP contribution is -2.44. The average molecular weight is 490 g/mol. The molecule has 0 unspecified atom stereocenters. The van der Waals surface area contributed by atoms with Crippen molar-refractivity contribution in [2.45, 2.75) is 12.6 Å². The van der Waals surface area contributed by atoms with Crippen LogP contribution in [0, 0.1) is 0 Å². The number of aliphatic imine (C=N–C) groups is 1. The molecule has 0 aromatic heterocycles. The number of alkyl halides is 3. The molecule has 6 nitrogen and oxygen atoms in total. The van der Waals surface area contributed by atoms with Crippen molar-refractivity contribution in [1.29, 1.82) is 0 Å². The predicted molar refractivity (Wildman–Crippen MR) is 98.1 cm³/mol. The number of sulfonamides is 1. The molecule has 12 heteroatoms. The Labute approximate surface area is 156 Å². The largest absolute Gasteiger partial charge is 0.390 e. The predicted octanol–water partition coefficient (Wildman–Crippen LogP) is 1.10. The first-order valence-corrected chi connectivity index (χ1v) is 9.58. The summed E-state index contributed by atoms with van der Waals surface area (Å²) in [6.07, 6.45) is -5.21. The maximum Gasteiger partial charge on any atom is 0.390 e. The van der Waals surface area contributed by atoms with Gasteiger partial charge in [-0.05, 0) is 0 Å². The second kappa shape index (κ2) is 10.8. The van der Waals surface area contributed by atoms with Crippen LogP contribution in [0.1, 0.15) is 6.42 Å². The molecule has 0 radical (unpaired) electrons. The highest BCUT2D eigenvalue weighted by Gasteiger charge is 2.26. The lowest BCUT2D eigenvalue weighted by Gasteiger charge is -2.25. The first-order valence-electron chi connectivity index (χ1n) is 6.81. The quantitative estimate of drug-likeness (QED) is 0.332. The molecule has 0 bridgehead atoms. The van der Waals surface area contributed by atoms with Crippen molar-refractivity contribution in [2.75, 3.05) is 50.5 Å². The summed E-state index contributed by atoms with van der Waals surface area (Å²) < 4.78 is 61.7. The number of rotatable bonds is 6. The minimum Gasteiger partial charge on any atom is -0.356 e. The van der Waals surface area contributed by atoms with Crippen molar-refractivity contribution in [1.82, 2.24) is 14.9 Å². The maximum absolute atomic E-state index is 12.1. The van der Waals surface area contributed by atoms with Gasteiger partial charge in [0.15, 0.2) is 5.96 Å². The Balaban J connectivity index is 0.00000484. The van der Waals surface area contributed by atoms with E-state index in [1.165, 1.54) is 11.4 Å². The average Bonchev–Trinajstić information content (AvgIpc) is 2.45. The van der Waals surface area contributed by atoms with Crippen LogP contribution in [0.5, 0.6) is 0 Å².